The molecule has 3 aliphatic rings. The van der Waals surface area contributed by atoms with E-state index in [4.69, 9.17) is 15.8 Å². The van der Waals surface area contributed by atoms with E-state index >= 15 is 4.39 Å². The molecule has 5 heterocycles. The lowest BCUT2D eigenvalue weighted by Gasteiger charge is -2.55. The first-order valence-corrected chi connectivity index (χ1v) is 11.1. The van der Waals surface area contributed by atoms with Crippen LogP contribution in [0.15, 0.2) is 22.9 Å². The molecule has 2 N–H and O–H groups in total. The maximum absolute atomic E-state index is 16.1. The standard InChI is InChI=1S/C23H18FN7O5/c1-9-8-31-16-11(7-23(18(31)10(2)35-9)19(32)28-22(34)29-20(23)33)6-12-15(30-36-17(12)14(16)24)13-4-5-26-21(25-3)27-13/h4-6,9-10,18H,7-8H2,1-2H3,(H2,28,29,32,33,34)/t9-,10+,18-/m1/s1. The Balaban J connectivity index is 1.60. The molecule has 6 rings (SSSR count). The molecule has 1 spiro atoms. The Morgan fingerprint density at radius 3 is 2.72 bits per heavy atom. The van der Waals surface area contributed by atoms with Crippen molar-refractivity contribution in [1.82, 2.24) is 25.8 Å². The SMILES string of the molecule is [C-]#[N+]c1nccc(-c2noc3c(F)c4c(cc23)CC2(C(=O)NC(=O)NC2=O)[C@H]2[C@H](C)O[C@H](C)CN42)n1. The molecule has 3 atom stereocenters. The summed E-state index contributed by atoms with van der Waals surface area (Å²) in [5.41, 5.74) is -0.882. The van der Waals surface area contributed by atoms with Gasteiger partial charge in [-0.05, 0) is 25.5 Å². The van der Waals surface area contributed by atoms with Crippen LogP contribution in [0, 0.1) is 17.8 Å². The van der Waals surface area contributed by atoms with E-state index < -0.39 is 41.2 Å². The summed E-state index contributed by atoms with van der Waals surface area (Å²) in [7, 11) is 0. The third kappa shape index (κ3) is 2.88. The minimum atomic E-state index is -1.75. The van der Waals surface area contributed by atoms with Crippen LogP contribution in [0.5, 0.6) is 0 Å². The fourth-order valence-corrected chi connectivity index (χ4v) is 5.67. The number of hydrogen-bond donors (Lipinski definition) is 2. The molecular weight excluding hydrogens is 473 g/mol. The minimum absolute atomic E-state index is 0.111. The first-order valence-electron chi connectivity index (χ1n) is 11.1. The molecule has 3 aromatic rings. The van der Waals surface area contributed by atoms with E-state index in [9.17, 15) is 14.4 Å². The summed E-state index contributed by atoms with van der Waals surface area (Å²) in [6, 6.07) is 1.33. The van der Waals surface area contributed by atoms with Crippen LogP contribution in [0.1, 0.15) is 19.4 Å². The average molecular weight is 491 g/mol. The van der Waals surface area contributed by atoms with Crippen LogP contribution in [0.3, 0.4) is 0 Å². The van der Waals surface area contributed by atoms with Crippen molar-refractivity contribution in [1.29, 1.82) is 0 Å². The summed E-state index contributed by atoms with van der Waals surface area (Å²) in [5, 5.41) is 8.66. The molecule has 0 saturated carbocycles. The van der Waals surface area contributed by atoms with E-state index in [2.05, 4.69) is 30.6 Å². The highest BCUT2D eigenvalue weighted by Gasteiger charge is 2.63. The second kappa shape index (κ2) is 7.53. The summed E-state index contributed by atoms with van der Waals surface area (Å²) < 4.78 is 27.4. The molecular formula is C23H18FN7O5. The van der Waals surface area contributed by atoms with E-state index in [0.29, 0.717) is 5.56 Å². The summed E-state index contributed by atoms with van der Waals surface area (Å²) in [6.45, 7) is 10.9. The maximum atomic E-state index is 16.1. The number of fused-ring (bicyclic) bond motifs is 5. The van der Waals surface area contributed by atoms with E-state index in [-0.39, 0.29) is 53.1 Å². The number of rotatable bonds is 1. The number of imide groups is 2. The predicted molar refractivity (Wildman–Crippen MR) is 120 cm³/mol. The Morgan fingerprint density at radius 2 is 2.00 bits per heavy atom. The van der Waals surface area contributed by atoms with Gasteiger partial charge in [-0.25, -0.2) is 9.18 Å². The van der Waals surface area contributed by atoms with Crippen LogP contribution in [-0.2, 0) is 20.7 Å². The van der Waals surface area contributed by atoms with Gasteiger partial charge in [-0.1, -0.05) is 5.16 Å². The Labute approximate surface area is 202 Å². The lowest BCUT2D eigenvalue weighted by Crippen LogP contribution is -2.75. The highest BCUT2D eigenvalue weighted by atomic mass is 19.1. The van der Waals surface area contributed by atoms with Gasteiger partial charge in [-0.3, -0.25) is 20.2 Å². The molecule has 0 unspecified atom stereocenters. The molecule has 13 heteroatoms. The van der Waals surface area contributed by atoms with Crippen LogP contribution in [0.4, 0.5) is 20.8 Å². The zero-order valence-electron chi connectivity index (χ0n) is 19.0. The number of ether oxygens (including phenoxy) is 1. The van der Waals surface area contributed by atoms with Gasteiger partial charge >= 0.3 is 12.0 Å². The van der Waals surface area contributed by atoms with Gasteiger partial charge in [-0.15, -0.1) is 11.6 Å². The summed E-state index contributed by atoms with van der Waals surface area (Å²) >= 11 is 0. The van der Waals surface area contributed by atoms with Gasteiger partial charge in [0.05, 0.1) is 35.5 Å². The van der Waals surface area contributed by atoms with Crippen LogP contribution in [0.25, 0.3) is 27.2 Å². The quantitative estimate of drug-likeness (QED) is 0.385. The molecule has 2 fully saturated rings. The molecule has 0 bridgehead atoms. The largest absolute Gasteiger partial charge is 0.394 e. The molecule has 3 aliphatic heterocycles. The lowest BCUT2D eigenvalue weighted by molar-refractivity contribution is -0.153. The topological polar surface area (TPSA) is 144 Å². The molecule has 2 aromatic heterocycles. The van der Waals surface area contributed by atoms with Gasteiger partial charge < -0.3 is 19.0 Å². The Kier molecular flexibility index (Phi) is 4.61. The second-order valence-electron chi connectivity index (χ2n) is 9.09. The summed E-state index contributed by atoms with van der Waals surface area (Å²) in [6.07, 6.45) is 0.226. The number of benzene rings is 1. The third-order valence-corrected chi connectivity index (χ3v) is 6.95. The number of hydrogen-bond acceptors (Lipinski definition) is 9. The van der Waals surface area contributed by atoms with Crippen molar-refractivity contribution >= 4 is 40.5 Å². The van der Waals surface area contributed by atoms with Crippen molar-refractivity contribution in [3.63, 3.8) is 0 Å². The van der Waals surface area contributed by atoms with E-state index in [0.717, 1.165) is 0 Å². The third-order valence-electron chi connectivity index (χ3n) is 6.95. The van der Waals surface area contributed by atoms with E-state index in [1.807, 2.05) is 6.92 Å². The summed E-state index contributed by atoms with van der Waals surface area (Å²) in [5.74, 6) is -2.36. The van der Waals surface area contributed by atoms with E-state index in [1.165, 1.54) is 12.3 Å². The normalized spacial score (nSPS) is 24.7. The Morgan fingerprint density at radius 1 is 1.25 bits per heavy atom. The minimum Gasteiger partial charge on any atom is -0.394 e. The van der Waals surface area contributed by atoms with Crippen molar-refractivity contribution < 1.29 is 28.0 Å². The molecule has 0 aliphatic carbocycles. The predicted octanol–water partition coefficient (Wildman–Crippen LogP) is 1.87. The number of halogens is 1. The molecule has 182 valence electrons. The van der Waals surface area contributed by atoms with Crippen molar-refractivity contribution in [3.05, 3.63) is 41.1 Å². The van der Waals surface area contributed by atoms with Gasteiger partial charge in [0.1, 0.15) is 0 Å². The fraction of sp³-hybridized carbons (Fsp3) is 0.348. The van der Waals surface area contributed by atoms with Gasteiger partial charge in [0.2, 0.25) is 17.4 Å². The lowest BCUT2D eigenvalue weighted by atomic mass is 9.66. The number of morpholine rings is 1. The zero-order chi connectivity index (χ0) is 25.4. The molecule has 12 nitrogen and oxygen atoms in total. The van der Waals surface area contributed by atoms with Crippen molar-refractivity contribution in [2.45, 2.75) is 38.5 Å². The molecule has 36 heavy (non-hydrogen) atoms. The number of nitrogens with zero attached hydrogens (tertiary/aromatic N) is 5. The van der Waals surface area contributed by atoms with Crippen molar-refractivity contribution in [2.75, 3.05) is 11.4 Å². The van der Waals surface area contributed by atoms with Crippen LogP contribution < -0.4 is 15.5 Å². The average Bonchev–Trinajstić information content (AvgIpc) is 3.26. The fourth-order valence-electron chi connectivity index (χ4n) is 5.67. The highest BCUT2D eigenvalue weighted by molar-refractivity contribution is 6.20. The summed E-state index contributed by atoms with van der Waals surface area (Å²) in [4.78, 5) is 51.3. The highest BCUT2D eigenvalue weighted by Crippen LogP contribution is 2.49. The monoisotopic (exact) mass is 491 g/mol. The molecule has 1 aromatic carbocycles. The maximum Gasteiger partial charge on any atom is 0.372 e. The zero-order valence-corrected chi connectivity index (χ0v) is 19.0. The van der Waals surface area contributed by atoms with Crippen molar-refractivity contribution in [3.8, 4) is 11.4 Å². The smallest absolute Gasteiger partial charge is 0.372 e. The number of carbonyl (C=O) groups excluding carboxylic acids is 3. The second-order valence-corrected chi connectivity index (χ2v) is 9.09. The van der Waals surface area contributed by atoms with Gasteiger partial charge in [-0.2, -0.15) is 4.98 Å². The Hall–Kier alpha value is -4.44. The number of nitrogens with one attached hydrogen (secondary N) is 2. The molecule has 4 amide bonds. The molecule has 2 saturated heterocycles. The van der Waals surface area contributed by atoms with Crippen LogP contribution in [-0.4, -0.2) is 57.8 Å². The number of anilines is 1. The number of amides is 4. The number of urea groups is 1. The number of barbiturate groups is 1. The van der Waals surface area contributed by atoms with Crippen molar-refractivity contribution in [2.24, 2.45) is 5.41 Å². The van der Waals surface area contributed by atoms with Crippen LogP contribution >= 0.6 is 0 Å². The number of aromatic nitrogens is 3. The van der Waals surface area contributed by atoms with Gasteiger partial charge in [0.15, 0.2) is 22.6 Å². The van der Waals surface area contributed by atoms with Crippen LogP contribution in [0.2, 0.25) is 0 Å². The van der Waals surface area contributed by atoms with Gasteiger partial charge in [0.25, 0.3) is 0 Å². The first-order chi connectivity index (χ1) is 17.2. The van der Waals surface area contributed by atoms with Gasteiger partial charge in [0, 0.05) is 19.0 Å². The molecule has 0 radical (unpaired) electrons. The first kappa shape index (κ1) is 22.1. The Bertz CT molecular complexity index is 1510. The number of carbonyl (C=O) groups is 3. The van der Waals surface area contributed by atoms with E-state index in [1.54, 1.807) is 17.9 Å².